The van der Waals surface area contributed by atoms with E-state index in [4.69, 9.17) is 0 Å². The molecule has 21 heavy (non-hydrogen) atoms. The molecule has 2 aromatic rings. The van der Waals surface area contributed by atoms with Crippen molar-refractivity contribution in [2.75, 3.05) is 6.54 Å². The minimum absolute atomic E-state index is 0.0125. The van der Waals surface area contributed by atoms with Gasteiger partial charge < -0.3 is 0 Å². The van der Waals surface area contributed by atoms with E-state index in [0.717, 1.165) is 10.6 Å². The van der Waals surface area contributed by atoms with Gasteiger partial charge in [-0.3, -0.25) is 14.7 Å². The van der Waals surface area contributed by atoms with Crippen LogP contribution in [0.25, 0.3) is 6.08 Å². The Hall–Kier alpha value is -1.92. The molecule has 0 bridgehead atoms. The van der Waals surface area contributed by atoms with Gasteiger partial charge in [-0.25, -0.2) is 4.99 Å². The van der Waals surface area contributed by atoms with Crippen molar-refractivity contribution < 1.29 is 4.79 Å². The molecule has 0 aromatic carbocycles. The minimum Gasteiger partial charge on any atom is -0.287 e. The topological polar surface area (TPSA) is 45.6 Å². The van der Waals surface area contributed by atoms with Crippen molar-refractivity contribution in [2.24, 2.45) is 4.99 Å². The highest BCUT2D eigenvalue weighted by atomic mass is 32.2. The second-order valence-corrected chi connectivity index (χ2v) is 6.27. The maximum atomic E-state index is 12.4. The summed E-state index contributed by atoms with van der Waals surface area (Å²) >= 11 is 3.03. The average molecular weight is 315 g/mol. The highest BCUT2D eigenvalue weighted by Crippen LogP contribution is 2.34. The molecule has 0 radical (unpaired) electrons. The van der Waals surface area contributed by atoms with E-state index in [1.807, 2.05) is 42.6 Å². The SMILES string of the molecule is CCN1C(=O)/C(=C\c2cccs2)SC1=Nc1cccnc1. The van der Waals surface area contributed by atoms with Gasteiger partial charge in [-0.15, -0.1) is 11.3 Å². The van der Waals surface area contributed by atoms with Crippen molar-refractivity contribution in [1.29, 1.82) is 0 Å². The lowest BCUT2D eigenvalue weighted by atomic mass is 10.4. The third-order valence-corrected chi connectivity index (χ3v) is 4.72. The third-order valence-electron chi connectivity index (χ3n) is 2.89. The van der Waals surface area contributed by atoms with Gasteiger partial charge in [0.05, 0.1) is 16.8 Å². The number of rotatable bonds is 3. The third kappa shape index (κ3) is 3.06. The molecule has 0 atom stereocenters. The standard InChI is InChI=1S/C15H13N3OS2/c1-2-18-14(19)13(9-12-6-4-8-20-12)21-15(18)17-11-5-3-7-16-10-11/h3-10H,2H2,1H3/b13-9+,17-15?. The molecule has 0 unspecified atom stereocenters. The van der Waals surface area contributed by atoms with E-state index < -0.39 is 0 Å². The van der Waals surface area contributed by atoms with Crippen molar-refractivity contribution in [3.63, 3.8) is 0 Å². The molecular weight excluding hydrogens is 302 g/mol. The van der Waals surface area contributed by atoms with Crippen LogP contribution in [0.15, 0.2) is 51.9 Å². The van der Waals surface area contributed by atoms with Gasteiger partial charge in [0.2, 0.25) is 0 Å². The molecule has 1 aliphatic rings. The number of aromatic nitrogens is 1. The molecule has 6 heteroatoms. The van der Waals surface area contributed by atoms with E-state index in [9.17, 15) is 4.79 Å². The Bertz CT molecular complexity index is 693. The molecule has 1 fully saturated rings. The predicted octanol–water partition coefficient (Wildman–Crippen LogP) is 3.77. The summed E-state index contributed by atoms with van der Waals surface area (Å²) < 4.78 is 0. The fourth-order valence-corrected chi connectivity index (χ4v) is 3.69. The Kier molecular flexibility index (Phi) is 4.17. The molecule has 106 valence electrons. The molecule has 2 aromatic heterocycles. The largest absolute Gasteiger partial charge is 0.287 e. The van der Waals surface area contributed by atoms with E-state index in [2.05, 4.69) is 9.98 Å². The fraction of sp³-hybridized carbons (Fsp3) is 0.133. The molecule has 0 spiro atoms. The molecule has 0 saturated carbocycles. The second-order valence-electron chi connectivity index (χ2n) is 4.28. The zero-order valence-corrected chi connectivity index (χ0v) is 13.0. The van der Waals surface area contributed by atoms with Crippen molar-refractivity contribution in [3.8, 4) is 0 Å². The van der Waals surface area contributed by atoms with Crippen LogP contribution in [-0.2, 0) is 4.79 Å². The second kappa shape index (κ2) is 6.24. The van der Waals surface area contributed by atoms with Gasteiger partial charge in [-0.2, -0.15) is 0 Å². The van der Waals surface area contributed by atoms with Crippen LogP contribution in [0.5, 0.6) is 0 Å². The van der Waals surface area contributed by atoms with Crippen LogP contribution in [0.3, 0.4) is 0 Å². The van der Waals surface area contributed by atoms with E-state index >= 15 is 0 Å². The number of hydrogen-bond acceptors (Lipinski definition) is 5. The average Bonchev–Trinajstić information content (AvgIpc) is 3.10. The molecular formula is C15H13N3OS2. The first-order valence-electron chi connectivity index (χ1n) is 6.51. The molecule has 1 saturated heterocycles. The quantitative estimate of drug-likeness (QED) is 0.810. The number of amides is 1. The van der Waals surface area contributed by atoms with Crippen LogP contribution in [0.4, 0.5) is 5.69 Å². The zero-order chi connectivity index (χ0) is 14.7. The number of likely N-dealkylation sites (N-methyl/N-ethyl adjacent to an activating group) is 1. The summed E-state index contributed by atoms with van der Waals surface area (Å²) in [7, 11) is 0. The van der Waals surface area contributed by atoms with Crippen LogP contribution in [0.2, 0.25) is 0 Å². The molecule has 0 N–H and O–H groups in total. The first kappa shape index (κ1) is 14.0. The minimum atomic E-state index is 0.0125. The van der Waals surface area contributed by atoms with Gasteiger partial charge in [-0.05, 0) is 48.3 Å². The predicted molar refractivity (Wildman–Crippen MR) is 88.6 cm³/mol. The van der Waals surface area contributed by atoms with Crippen LogP contribution in [0.1, 0.15) is 11.8 Å². The molecule has 3 rings (SSSR count). The normalized spacial score (nSPS) is 18.9. The van der Waals surface area contributed by atoms with Crippen molar-refractivity contribution in [1.82, 2.24) is 9.88 Å². The van der Waals surface area contributed by atoms with E-state index in [1.165, 1.54) is 11.8 Å². The van der Waals surface area contributed by atoms with Crippen LogP contribution < -0.4 is 0 Å². The van der Waals surface area contributed by atoms with E-state index in [1.54, 1.807) is 28.6 Å². The van der Waals surface area contributed by atoms with Gasteiger partial charge >= 0.3 is 0 Å². The molecule has 1 aliphatic heterocycles. The van der Waals surface area contributed by atoms with Gasteiger partial charge in [-0.1, -0.05) is 6.07 Å². The van der Waals surface area contributed by atoms with Crippen LogP contribution in [0, 0.1) is 0 Å². The Morgan fingerprint density at radius 2 is 2.29 bits per heavy atom. The number of thiophene rings is 1. The Morgan fingerprint density at radius 1 is 1.38 bits per heavy atom. The van der Waals surface area contributed by atoms with E-state index in [0.29, 0.717) is 16.6 Å². The monoisotopic (exact) mass is 315 g/mol. The highest BCUT2D eigenvalue weighted by molar-refractivity contribution is 8.18. The number of carbonyl (C=O) groups is 1. The summed E-state index contributed by atoms with van der Waals surface area (Å²) in [5.41, 5.74) is 0.753. The summed E-state index contributed by atoms with van der Waals surface area (Å²) in [6.07, 6.45) is 5.31. The fourth-order valence-electron chi connectivity index (χ4n) is 1.90. The smallest absolute Gasteiger partial charge is 0.266 e. The lowest BCUT2D eigenvalue weighted by Gasteiger charge is -2.11. The van der Waals surface area contributed by atoms with Gasteiger partial charge in [0, 0.05) is 17.6 Å². The number of thioether (sulfide) groups is 1. The summed E-state index contributed by atoms with van der Waals surface area (Å²) in [5.74, 6) is 0.0125. The van der Waals surface area contributed by atoms with Crippen molar-refractivity contribution in [2.45, 2.75) is 6.92 Å². The molecule has 3 heterocycles. The first-order chi connectivity index (χ1) is 10.3. The molecule has 4 nitrogen and oxygen atoms in total. The number of aliphatic imine (C=N–C) groups is 1. The highest BCUT2D eigenvalue weighted by Gasteiger charge is 2.32. The number of carbonyl (C=O) groups excluding carboxylic acids is 1. The molecule has 0 aliphatic carbocycles. The number of hydrogen-bond donors (Lipinski definition) is 0. The van der Waals surface area contributed by atoms with Crippen molar-refractivity contribution >= 4 is 45.9 Å². The maximum absolute atomic E-state index is 12.4. The van der Waals surface area contributed by atoms with Gasteiger partial charge in [0.1, 0.15) is 0 Å². The summed E-state index contributed by atoms with van der Waals surface area (Å²) in [6.45, 7) is 2.55. The lowest BCUT2D eigenvalue weighted by molar-refractivity contribution is -0.122. The van der Waals surface area contributed by atoms with Crippen LogP contribution >= 0.6 is 23.1 Å². The summed E-state index contributed by atoms with van der Waals surface area (Å²) in [6, 6.07) is 7.68. The Balaban J connectivity index is 1.92. The summed E-state index contributed by atoms with van der Waals surface area (Å²) in [4.78, 5) is 24.5. The number of pyridine rings is 1. The van der Waals surface area contributed by atoms with E-state index in [-0.39, 0.29) is 5.91 Å². The Labute approximate surface area is 131 Å². The number of amidine groups is 1. The van der Waals surface area contributed by atoms with Crippen molar-refractivity contribution in [3.05, 3.63) is 51.8 Å². The van der Waals surface area contributed by atoms with Crippen LogP contribution in [-0.4, -0.2) is 27.5 Å². The summed E-state index contributed by atoms with van der Waals surface area (Å²) in [5, 5.41) is 2.71. The number of nitrogens with zero attached hydrogens (tertiary/aromatic N) is 3. The Morgan fingerprint density at radius 3 is 2.95 bits per heavy atom. The van der Waals surface area contributed by atoms with Gasteiger partial charge in [0.15, 0.2) is 5.17 Å². The zero-order valence-electron chi connectivity index (χ0n) is 11.4. The molecule has 1 amide bonds. The first-order valence-corrected chi connectivity index (χ1v) is 8.21. The lowest BCUT2D eigenvalue weighted by Crippen LogP contribution is -2.28. The van der Waals surface area contributed by atoms with Gasteiger partial charge in [0.25, 0.3) is 5.91 Å². The maximum Gasteiger partial charge on any atom is 0.266 e.